The van der Waals surface area contributed by atoms with Crippen LogP contribution >= 0.6 is 0 Å². The Morgan fingerprint density at radius 3 is 1.78 bits per heavy atom. The summed E-state index contributed by atoms with van der Waals surface area (Å²) < 4.78 is 78.2. The predicted octanol–water partition coefficient (Wildman–Crippen LogP) is 3.93. The van der Waals surface area contributed by atoms with Gasteiger partial charge in [0, 0.05) is 49.4 Å². The minimum Gasteiger partial charge on any atom is -0.465 e. The van der Waals surface area contributed by atoms with E-state index in [1.807, 2.05) is 0 Å². The molecule has 0 bridgehead atoms. The molecule has 2 fully saturated rings. The van der Waals surface area contributed by atoms with Crippen LogP contribution in [0.5, 0.6) is 0 Å². The van der Waals surface area contributed by atoms with Gasteiger partial charge in [0.25, 0.3) is 0 Å². The number of hydrogen-bond donors (Lipinski definition) is 3. The molecule has 10 nitrogen and oxygen atoms in total. The predicted molar refractivity (Wildman–Crippen MR) is 155 cm³/mol. The average Bonchev–Trinajstić information content (AvgIpc) is 2.87. The Hall–Kier alpha value is -3.33. The fourth-order valence-corrected chi connectivity index (χ4v) is 8.01. The molecular weight excluding hydrogens is 578 g/mol. The maximum absolute atomic E-state index is 14.2. The number of nitrogens with zero attached hydrogens (tertiary/aromatic N) is 2. The number of carboxylic acid groups (broad SMARTS) is 1. The van der Waals surface area contributed by atoms with Gasteiger partial charge in [-0.1, -0.05) is 24.3 Å². The van der Waals surface area contributed by atoms with E-state index in [1.54, 1.807) is 18.2 Å². The Morgan fingerprint density at radius 2 is 1.37 bits per heavy atom. The lowest BCUT2D eigenvalue weighted by Gasteiger charge is -2.31. The Morgan fingerprint density at radius 1 is 0.902 bits per heavy atom. The zero-order valence-electron chi connectivity index (χ0n) is 22.4. The molecule has 0 saturated carbocycles. The number of nitrogens with one attached hydrogen (secondary N) is 1. The van der Waals surface area contributed by atoms with Gasteiger partial charge in [-0.2, -0.15) is 8.61 Å². The summed E-state index contributed by atoms with van der Waals surface area (Å²) in [6.07, 6.45) is 2.53. The topological polar surface area (TPSA) is 150 Å². The molecule has 2 heterocycles. The van der Waals surface area contributed by atoms with Crippen LogP contribution in [0.3, 0.4) is 0 Å². The van der Waals surface area contributed by atoms with Gasteiger partial charge >= 0.3 is 6.09 Å². The van der Waals surface area contributed by atoms with Crippen molar-refractivity contribution in [2.45, 2.75) is 24.7 Å². The molecule has 4 N–H and O–H groups in total. The number of nitrogen functional groups attached to an aromatic ring is 1. The lowest BCUT2D eigenvalue weighted by molar-refractivity contribution is 0.209. The van der Waals surface area contributed by atoms with Crippen molar-refractivity contribution >= 4 is 37.5 Å². The summed E-state index contributed by atoms with van der Waals surface area (Å²) in [6, 6.07) is 8.61. The van der Waals surface area contributed by atoms with Crippen LogP contribution in [0.2, 0.25) is 0 Å². The second-order valence-corrected chi connectivity index (χ2v) is 13.9. The third kappa shape index (κ3) is 8.35. The number of rotatable bonds is 7. The van der Waals surface area contributed by atoms with E-state index < -0.39 is 32.0 Å². The maximum atomic E-state index is 14.2. The van der Waals surface area contributed by atoms with Crippen molar-refractivity contribution in [1.29, 1.82) is 0 Å². The summed E-state index contributed by atoms with van der Waals surface area (Å²) in [5.74, 6) is -1.32. The van der Waals surface area contributed by atoms with E-state index in [0.29, 0.717) is 29.7 Å². The molecule has 2 aromatic carbocycles. The third-order valence-corrected chi connectivity index (χ3v) is 10.6. The SMILES string of the molecule is C=CCN1CC(c2ccc(N)cc2F)CCS1(=O)=O.C=CCN1CC(c2ccc(NC(=O)O)cc2F)CCS1(=O)=O. The minimum absolute atomic E-state index is 0.0370. The summed E-state index contributed by atoms with van der Waals surface area (Å²) in [5, 5.41) is 10.7. The molecule has 14 heteroatoms. The third-order valence-electron chi connectivity index (χ3n) is 6.90. The van der Waals surface area contributed by atoms with Crippen LogP contribution < -0.4 is 11.1 Å². The zero-order chi connectivity index (χ0) is 30.4. The average molecular weight is 613 g/mol. The lowest BCUT2D eigenvalue weighted by atomic mass is 9.95. The quantitative estimate of drug-likeness (QED) is 0.317. The molecule has 2 unspecified atom stereocenters. The minimum atomic E-state index is -3.31. The monoisotopic (exact) mass is 612 g/mol. The Kier molecular flexibility index (Phi) is 10.6. The van der Waals surface area contributed by atoms with Crippen LogP contribution in [-0.4, -0.2) is 74.3 Å². The Labute approximate surface area is 239 Å². The van der Waals surface area contributed by atoms with Crippen molar-refractivity contribution in [3.05, 3.63) is 84.5 Å². The molecule has 2 aliphatic rings. The molecule has 1 amide bonds. The molecule has 2 saturated heterocycles. The Balaban J connectivity index is 0.000000228. The first-order valence-electron chi connectivity index (χ1n) is 12.8. The smallest absolute Gasteiger partial charge is 0.409 e. The largest absolute Gasteiger partial charge is 0.465 e. The van der Waals surface area contributed by atoms with E-state index in [0.717, 1.165) is 6.07 Å². The van der Waals surface area contributed by atoms with Gasteiger partial charge in [-0.3, -0.25) is 5.32 Å². The van der Waals surface area contributed by atoms with E-state index in [2.05, 4.69) is 18.5 Å². The van der Waals surface area contributed by atoms with Crippen LogP contribution in [0.15, 0.2) is 61.7 Å². The molecule has 0 radical (unpaired) electrons. The first-order chi connectivity index (χ1) is 19.3. The highest BCUT2D eigenvalue weighted by Crippen LogP contribution is 2.32. The standard InChI is InChI=1S/C14H17FN2O4S.C13H17FN2O2S/c1-2-6-17-9-10(5-7-22(17,20)21)12-4-3-11(8-13(12)15)16-14(18)19;1-2-6-16-9-10(5-7-19(16,17)18)12-4-3-11(15)8-13(12)14/h2-4,8,10,16H,1,5-7,9H2,(H,18,19);2-4,8,10H,1,5-7,9,15H2. The van der Waals surface area contributed by atoms with E-state index in [4.69, 9.17) is 10.8 Å². The summed E-state index contributed by atoms with van der Waals surface area (Å²) in [6.45, 7) is 8.01. The number of sulfonamides is 2. The van der Waals surface area contributed by atoms with E-state index >= 15 is 0 Å². The van der Waals surface area contributed by atoms with Crippen LogP contribution in [-0.2, 0) is 20.0 Å². The number of amides is 1. The number of hydrogen-bond acceptors (Lipinski definition) is 6. The second-order valence-electron chi connectivity index (χ2n) is 9.76. The number of halogens is 2. The van der Waals surface area contributed by atoms with Gasteiger partial charge in [0.1, 0.15) is 11.6 Å². The van der Waals surface area contributed by atoms with Crippen molar-refractivity contribution in [3.63, 3.8) is 0 Å². The molecular formula is C27H34F2N4O6S2. The maximum Gasteiger partial charge on any atom is 0.409 e. The van der Waals surface area contributed by atoms with Gasteiger partial charge in [0.15, 0.2) is 0 Å². The van der Waals surface area contributed by atoms with Crippen molar-refractivity contribution in [3.8, 4) is 0 Å². The Bertz CT molecular complexity index is 1500. The van der Waals surface area contributed by atoms with Gasteiger partial charge in [-0.25, -0.2) is 30.4 Å². The fraction of sp³-hybridized carbons (Fsp3) is 0.370. The number of nitrogens with two attached hydrogens (primary N) is 1. The second kappa shape index (κ2) is 13.6. The van der Waals surface area contributed by atoms with E-state index in [1.165, 1.54) is 32.9 Å². The first kappa shape index (κ1) is 32.2. The normalized spacial score (nSPS) is 22.1. The van der Waals surface area contributed by atoms with E-state index in [-0.39, 0.29) is 61.0 Å². The highest BCUT2D eigenvalue weighted by molar-refractivity contribution is 7.89. The zero-order valence-corrected chi connectivity index (χ0v) is 24.0. The van der Waals surface area contributed by atoms with Gasteiger partial charge < -0.3 is 10.8 Å². The van der Waals surface area contributed by atoms with Gasteiger partial charge in [-0.05, 0) is 48.2 Å². The van der Waals surface area contributed by atoms with Crippen molar-refractivity contribution < 1.29 is 35.5 Å². The van der Waals surface area contributed by atoms with Gasteiger partial charge in [-0.15, -0.1) is 13.2 Å². The summed E-state index contributed by atoms with van der Waals surface area (Å²) in [4.78, 5) is 10.5. The van der Waals surface area contributed by atoms with Crippen molar-refractivity contribution in [1.82, 2.24) is 8.61 Å². The van der Waals surface area contributed by atoms with Crippen molar-refractivity contribution in [2.24, 2.45) is 0 Å². The molecule has 0 aromatic heterocycles. The molecule has 2 aromatic rings. The molecule has 0 aliphatic carbocycles. The highest BCUT2D eigenvalue weighted by atomic mass is 32.2. The molecule has 4 rings (SSSR count). The number of benzene rings is 2. The van der Waals surface area contributed by atoms with Gasteiger partial charge in [0.2, 0.25) is 20.0 Å². The molecule has 41 heavy (non-hydrogen) atoms. The highest BCUT2D eigenvalue weighted by Gasteiger charge is 2.33. The first-order valence-corrected chi connectivity index (χ1v) is 16.0. The van der Waals surface area contributed by atoms with Crippen LogP contribution in [0, 0.1) is 11.6 Å². The van der Waals surface area contributed by atoms with Gasteiger partial charge in [0.05, 0.1) is 11.5 Å². The molecule has 2 aliphatic heterocycles. The molecule has 224 valence electrons. The van der Waals surface area contributed by atoms with Crippen LogP contribution in [0.25, 0.3) is 0 Å². The van der Waals surface area contributed by atoms with Crippen LogP contribution in [0.4, 0.5) is 25.0 Å². The summed E-state index contributed by atoms with van der Waals surface area (Å²) in [7, 11) is -6.55. The molecule has 0 spiro atoms. The number of anilines is 2. The van der Waals surface area contributed by atoms with Crippen molar-refractivity contribution in [2.75, 3.05) is 48.7 Å². The summed E-state index contributed by atoms with van der Waals surface area (Å²) >= 11 is 0. The number of carbonyl (C=O) groups is 1. The lowest BCUT2D eigenvalue weighted by Crippen LogP contribution is -2.41. The summed E-state index contributed by atoms with van der Waals surface area (Å²) in [5.41, 5.74) is 6.94. The fourth-order valence-electron chi connectivity index (χ4n) is 4.85. The molecule has 2 atom stereocenters. The van der Waals surface area contributed by atoms with E-state index in [9.17, 15) is 30.4 Å². The van der Waals surface area contributed by atoms with Crippen LogP contribution in [0.1, 0.15) is 35.8 Å².